The van der Waals surface area contributed by atoms with Gasteiger partial charge in [-0.25, -0.2) is 0 Å². The fourth-order valence-electron chi connectivity index (χ4n) is 3.71. The van der Waals surface area contributed by atoms with E-state index < -0.39 is 0 Å². The summed E-state index contributed by atoms with van der Waals surface area (Å²) in [7, 11) is 2.23. The number of hydrogen-bond acceptors (Lipinski definition) is 2. The average molecular weight is 288 g/mol. The third kappa shape index (κ3) is 4.08. The Balaban J connectivity index is 2.00. The molecule has 1 aliphatic rings. The minimum atomic E-state index is 0.432. The molecule has 2 heteroatoms. The molecule has 1 saturated heterocycles. The van der Waals surface area contributed by atoms with E-state index >= 15 is 0 Å². The molecular formula is C19H32N2. The molecule has 2 nitrogen and oxygen atoms in total. The minimum Gasteiger partial charge on any atom is -0.310 e. The Labute approximate surface area is 130 Å². The standard InChI is InChI=1S/C19H32N2/c1-14-11-15(2)18(16(3)12-14)17(4)20-13-19(5)7-9-21(6)10-8-19/h11-12,17,20H,7-10,13H2,1-6H3. The van der Waals surface area contributed by atoms with Crippen molar-refractivity contribution in [1.82, 2.24) is 10.2 Å². The van der Waals surface area contributed by atoms with Crippen LogP contribution in [0.15, 0.2) is 12.1 Å². The highest BCUT2D eigenvalue weighted by molar-refractivity contribution is 5.39. The highest BCUT2D eigenvalue weighted by atomic mass is 15.1. The number of rotatable bonds is 4. The van der Waals surface area contributed by atoms with Gasteiger partial charge in [-0.1, -0.05) is 24.6 Å². The van der Waals surface area contributed by atoms with Gasteiger partial charge in [-0.2, -0.15) is 0 Å². The summed E-state index contributed by atoms with van der Waals surface area (Å²) in [4.78, 5) is 2.44. The van der Waals surface area contributed by atoms with Crippen LogP contribution in [0.5, 0.6) is 0 Å². The Hall–Kier alpha value is -0.860. The van der Waals surface area contributed by atoms with E-state index in [-0.39, 0.29) is 0 Å². The normalized spacial score (nSPS) is 20.5. The van der Waals surface area contributed by atoms with Gasteiger partial charge in [0.15, 0.2) is 0 Å². The molecular weight excluding hydrogens is 256 g/mol. The van der Waals surface area contributed by atoms with Gasteiger partial charge in [0.1, 0.15) is 0 Å². The molecule has 0 aliphatic carbocycles. The molecule has 1 fully saturated rings. The summed E-state index contributed by atoms with van der Waals surface area (Å²) in [5.41, 5.74) is 6.13. The second kappa shape index (κ2) is 6.50. The number of nitrogens with one attached hydrogen (secondary N) is 1. The Morgan fingerprint density at radius 1 is 1.14 bits per heavy atom. The van der Waals surface area contributed by atoms with Gasteiger partial charge < -0.3 is 10.2 Å². The molecule has 1 N–H and O–H groups in total. The van der Waals surface area contributed by atoms with Crippen molar-refractivity contribution < 1.29 is 0 Å². The highest BCUT2D eigenvalue weighted by Gasteiger charge is 2.29. The Kier molecular flexibility index (Phi) is 5.11. The quantitative estimate of drug-likeness (QED) is 0.901. The van der Waals surface area contributed by atoms with E-state index in [0.29, 0.717) is 11.5 Å². The molecule has 0 spiro atoms. The summed E-state index contributed by atoms with van der Waals surface area (Å²) in [5, 5.41) is 3.81. The maximum atomic E-state index is 3.81. The topological polar surface area (TPSA) is 15.3 Å². The molecule has 1 aromatic rings. The van der Waals surface area contributed by atoms with Crippen LogP contribution < -0.4 is 5.32 Å². The monoisotopic (exact) mass is 288 g/mol. The fourth-order valence-corrected chi connectivity index (χ4v) is 3.71. The van der Waals surface area contributed by atoms with E-state index in [9.17, 15) is 0 Å². The number of piperidine rings is 1. The molecule has 118 valence electrons. The van der Waals surface area contributed by atoms with Gasteiger partial charge in [0, 0.05) is 12.6 Å². The highest BCUT2D eigenvalue weighted by Crippen LogP contribution is 2.31. The van der Waals surface area contributed by atoms with Gasteiger partial charge in [-0.05, 0) is 82.8 Å². The summed E-state index contributed by atoms with van der Waals surface area (Å²) >= 11 is 0. The average Bonchev–Trinajstić information content (AvgIpc) is 2.39. The van der Waals surface area contributed by atoms with Crippen LogP contribution in [0.2, 0.25) is 0 Å². The van der Waals surface area contributed by atoms with Crippen molar-refractivity contribution in [2.24, 2.45) is 5.41 Å². The summed E-state index contributed by atoms with van der Waals surface area (Å²) in [6.45, 7) is 15.0. The van der Waals surface area contributed by atoms with Crippen LogP contribution in [0.3, 0.4) is 0 Å². The first-order valence-corrected chi connectivity index (χ1v) is 8.30. The molecule has 0 radical (unpaired) electrons. The smallest absolute Gasteiger partial charge is 0.0297 e. The first-order chi connectivity index (χ1) is 9.81. The van der Waals surface area contributed by atoms with E-state index in [4.69, 9.17) is 0 Å². The lowest BCUT2D eigenvalue weighted by Crippen LogP contribution is -2.42. The third-order valence-electron chi connectivity index (χ3n) is 5.20. The van der Waals surface area contributed by atoms with Crippen molar-refractivity contribution in [3.63, 3.8) is 0 Å². The van der Waals surface area contributed by atoms with Crippen molar-refractivity contribution in [3.8, 4) is 0 Å². The van der Waals surface area contributed by atoms with Crippen LogP contribution in [0.25, 0.3) is 0 Å². The minimum absolute atomic E-state index is 0.432. The zero-order valence-corrected chi connectivity index (χ0v) is 14.7. The molecule has 1 atom stereocenters. The SMILES string of the molecule is Cc1cc(C)c(C(C)NCC2(C)CCN(C)CC2)c(C)c1. The predicted octanol–water partition coefficient (Wildman–Crippen LogP) is 3.99. The van der Waals surface area contributed by atoms with Gasteiger partial charge >= 0.3 is 0 Å². The van der Waals surface area contributed by atoms with Crippen LogP contribution in [0.4, 0.5) is 0 Å². The number of hydrogen-bond donors (Lipinski definition) is 1. The van der Waals surface area contributed by atoms with E-state index in [0.717, 1.165) is 6.54 Å². The Bertz CT molecular complexity index is 461. The van der Waals surface area contributed by atoms with Crippen LogP contribution >= 0.6 is 0 Å². The molecule has 1 aliphatic heterocycles. The molecule has 2 rings (SSSR count). The summed E-state index contributed by atoms with van der Waals surface area (Å²) in [6.07, 6.45) is 2.60. The number of aryl methyl sites for hydroxylation is 3. The van der Waals surface area contributed by atoms with E-state index in [1.54, 1.807) is 0 Å². The lowest BCUT2D eigenvalue weighted by atomic mass is 9.80. The molecule has 1 aromatic carbocycles. The second-order valence-electron chi connectivity index (χ2n) is 7.53. The van der Waals surface area contributed by atoms with Gasteiger partial charge in [0.25, 0.3) is 0 Å². The second-order valence-corrected chi connectivity index (χ2v) is 7.53. The first-order valence-electron chi connectivity index (χ1n) is 8.30. The number of nitrogens with zero attached hydrogens (tertiary/aromatic N) is 1. The summed E-state index contributed by atoms with van der Waals surface area (Å²) in [5.74, 6) is 0. The van der Waals surface area contributed by atoms with Crippen LogP contribution in [-0.4, -0.2) is 31.6 Å². The predicted molar refractivity (Wildman–Crippen MR) is 91.9 cm³/mol. The lowest BCUT2D eigenvalue weighted by molar-refractivity contribution is 0.134. The molecule has 0 amide bonds. The maximum Gasteiger partial charge on any atom is 0.0297 e. The maximum absolute atomic E-state index is 3.81. The van der Waals surface area contributed by atoms with Crippen molar-refractivity contribution in [2.75, 3.05) is 26.7 Å². The Morgan fingerprint density at radius 2 is 1.67 bits per heavy atom. The molecule has 0 aromatic heterocycles. The Morgan fingerprint density at radius 3 is 2.19 bits per heavy atom. The lowest BCUT2D eigenvalue weighted by Gasteiger charge is -2.39. The molecule has 0 bridgehead atoms. The fraction of sp³-hybridized carbons (Fsp3) is 0.684. The van der Waals surface area contributed by atoms with E-state index in [2.05, 4.69) is 64.0 Å². The van der Waals surface area contributed by atoms with Crippen molar-refractivity contribution in [1.29, 1.82) is 0 Å². The van der Waals surface area contributed by atoms with Gasteiger partial charge in [0.05, 0.1) is 0 Å². The molecule has 1 heterocycles. The van der Waals surface area contributed by atoms with Crippen LogP contribution in [-0.2, 0) is 0 Å². The van der Waals surface area contributed by atoms with Crippen molar-refractivity contribution in [3.05, 3.63) is 34.4 Å². The van der Waals surface area contributed by atoms with E-state index in [1.165, 1.54) is 48.2 Å². The van der Waals surface area contributed by atoms with Gasteiger partial charge in [0.2, 0.25) is 0 Å². The zero-order valence-electron chi connectivity index (χ0n) is 14.7. The largest absolute Gasteiger partial charge is 0.310 e. The van der Waals surface area contributed by atoms with Crippen LogP contribution in [0.1, 0.15) is 55.0 Å². The third-order valence-corrected chi connectivity index (χ3v) is 5.20. The zero-order chi connectivity index (χ0) is 15.6. The van der Waals surface area contributed by atoms with E-state index in [1.807, 2.05) is 0 Å². The number of likely N-dealkylation sites (tertiary alicyclic amines) is 1. The van der Waals surface area contributed by atoms with Crippen molar-refractivity contribution >= 4 is 0 Å². The van der Waals surface area contributed by atoms with Crippen molar-refractivity contribution in [2.45, 2.75) is 53.5 Å². The van der Waals surface area contributed by atoms with Crippen LogP contribution in [0, 0.1) is 26.2 Å². The van der Waals surface area contributed by atoms with Gasteiger partial charge in [-0.15, -0.1) is 0 Å². The number of benzene rings is 1. The molecule has 21 heavy (non-hydrogen) atoms. The molecule has 0 saturated carbocycles. The van der Waals surface area contributed by atoms with Gasteiger partial charge in [-0.3, -0.25) is 0 Å². The summed E-state index contributed by atoms with van der Waals surface area (Å²) < 4.78 is 0. The first kappa shape index (κ1) is 16.5. The summed E-state index contributed by atoms with van der Waals surface area (Å²) in [6, 6.07) is 5.04. The molecule has 1 unspecified atom stereocenters.